The predicted molar refractivity (Wildman–Crippen MR) is 76.8 cm³/mol. The summed E-state index contributed by atoms with van der Waals surface area (Å²) in [6.07, 6.45) is 4.56. The van der Waals surface area contributed by atoms with Gasteiger partial charge < -0.3 is 5.32 Å². The summed E-state index contributed by atoms with van der Waals surface area (Å²) in [5.74, 6) is -0.218. The van der Waals surface area contributed by atoms with Crippen LogP contribution >= 0.6 is 0 Å². The first-order chi connectivity index (χ1) is 10.1. The molecular weight excluding hydrogens is 316 g/mol. The highest BCUT2D eigenvalue weighted by Gasteiger charge is 2.55. The molecule has 5 nitrogen and oxygen atoms in total. The molecule has 0 radical (unpaired) electrons. The van der Waals surface area contributed by atoms with Gasteiger partial charge in [-0.15, -0.1) is 0 Å². The Labute approximate surface area is 129 Å². The fourth-order valence-corrected chi connectivity index (χ4v) is 4.63. The molecule has 2 aliphatic carbocycles. The fraction of sp³-hybridized carbons (Fsp3) is 0.929. The maximum Gasteiger partial charge on any atom is 0.446 e. The molecule has 0 aromatic heterocycles. The van der Waals surface area contributed by atoms with Crippen molar-refractivity contribution in [3.63, 3.8) is 0 Å². The van der Waals surface area contributed by atoms with E-state index in [2.05, 4.69) is 19.2 Å². The molecule has 4 unspecified atom stereocenters. The molecule has 2 rings (SSSR count). The minimum absolute atomic E-state index is 0.122. The Morgan fingerprint density at radius 3 is 2.23 bits per heavy atom. The van der Waals surface area contributed by atoms with Crippen LogP contribution in [0.4, 0.5) is 8.78 Å². The quantitative estimate of drug-likeness (QED) is 0.728. The third-order valence-corrected chi connectivity index (χ3v) is 6.30. The first kappa shape index (κ1) is 17.6. The Balaban J connectivity index is 1.98. The van der Waals surface area contributed by atoms with Crippen molar-refractivity contribution in [1.29, 1.82) is 0 Å². The number of alkyl halides is 2. The molecule has 4 atom stereocenters. The average Bonchev–Trinajstić information content (AvgIpc) is 2.98. The van der Waals surface area contributed by atoms with Crippen LogP contribution in [0.25, 0.3) is 0 Å². The minimum atomic E-state index is -5.73. The van der Waals surface area contributed by atoms with Crippen molar-refractivity contribution in [2.45, 2.75) is 57.2 Å². The number of rotatable bonds is 6. The van der Waals surface area contributed by atoms with Gasteiger partial charge >= 0.3 is 21.3 Å². The van der Waals surface area contributed by atoms with Gasteiger partial charge in [-0.3, -0.25) is 9.35 Å². The van der Waals surface area contributed by atoms with Gasteiger partial charge in [0.2, 0.25) is 0 Å². The Hall–Kier alpha value is -0.760. The van der Waals surface area contributed by atoms with E-state index in [9.17, 15) is 22.0 Å². The van der Waals surface area contributed by atoms with E-state index in [0.717, 1.165) is 25.7 Å². The molecule has 2 fully saturated rings. The van der Waals surface area contributed by atoms with E-state index in [1.54, 1.807) is 0 Å². The number of carbonyl (C=O) groups is 1. The van der Waals surface area contributed by atoms with Crippen LogP contribution in [-0.4, -0.2) is 30.2 Å². The normalized spacial score (nSPS) is 31.7. The summed E-state index contributed by atoms with van der Waals surface area (Å²) in [7, 11) is -5.73. The van der Waals surface area contributed by atoms with Crippen LogP contribution in [0.1, 0.15) is 46.0 Å². The van der Waals surface area contributed by atoms with E-state index in [-0.39, 0.29) is 5.92 Å². The highest BCUT2D eigenvalue weighted by Crippen LogP contribution is 2.52. The molecule has 22 heavy (non-hydrogen) atoms. The second-order valence-corrected chi connectivity index (χ2v) is 8.00. The molecule has 0 aromatic rings. The largest absolute Gasteiger partial charge is 0.446 e. The molecule has 128 valence electrons. The van der Waals surface area contributed by atoms with Crippen molar-refractivity contribution in [2.75, 3.05) is 0 Å². The van der Waals surface area contributed by atoms with Crippen molar-refractivity contribution < 1.29 is 26.5 Å². The van der Waals surface area contributed by atoms with Crippen molar-refractivity contribution >= 4 is 16.0 Å². The third kappa shape index (κ3) is 2.99. The molecule has 0 spiro atoms. The number of carbonyl (C=O) groups excluding carboxylic acids is 1. The van der Waals surface area contributed by atoms with Crippen LogP contribution in [0.5, 0.6) is 0 Å². The van der Waals surface area contributed by atoms with Gasteiger partial charge in [0.1, 0.15) is 0 Å². The van der Waals surface area contributed by atoms with Gasteiger partial charge in [-0.1, -0.05) is 26.7 Å². The molecular formula is C14H23F2NO4S. The standard InChI is InChI=1S/C14H23F2NO4S/c1-3-8(4-2)11-6-10-5-9(11)7-12(10)17-13(18)14(15,16)22(19,20)21/h8-12H,3-7H2,1-2H3,(H,17,18)(H,19,20,21). The second kappa shape index (κ2) is 6.03. The zero-order valence-corrected chi connectivity index (χ0v) is 13.6. The molecule has 2 aliphatic rings. The van der Waals surface area contributed by atoms with Gasteiger partial charge in [0, 0.05) is 6.04 Å². The van der Waals surface area contributed by atoms with Gasteiger partial charge in [0.05, 0.1) is 0 Å². The maximum atomic E-state index is 13.3. The highest BCUT2D eigenvalue weighted by atomic mass is 32.2. The number of hydrogen-bond acceptors (Lipinski definition) is 3. The summed E-state index contributed by atoms with van der Waals surface area (Å²) in [5.41, 5.74) is 0. The lowest BCUT2D eigenvalue weighted by atomic mass is 9.76. The lowest BCUT2D eigenvalue weighted by molar-refractivity contribution is -0.137. The third-order valence-electron chi connectivity index (χ3n) is 5.47. The van der Waals surface area contributed by atoms with Crippen LogP contribution in [0.2, 0.25) is 0 Å². The Morgan fingerprint density at radius 2 is 1.82 bits per heavy atom. The summed E-state index contributed by atoms with van der Waals surface area (Å²) in [6.45, 7) is 4.29. The molecule has 2 bridgehead atoms. The van der Waals surface area contributed by atoms with Crippen molar-refractivity contribution in [2.24, 2.45) is 23.7 Å². The number of halogens is 2. The number of nitrogens with one attached hydrogen (secondary N) is 1. The topological polar surface area (TPSA) is 83.5 Å². The van der Waals surface area contributed by atoms with Crippen LogP contribution in [0.15, 0.2) is 0 Å². The van der Waals surface area contributed by atoms with Crippen LogP contribution < -0.4 is 5.32 Å². The van der Waals surface area contributed by atoms with E-state index in [0.29, 0.717) is 24.2 Å². The SMILES string of the molecule is CCC(CC)C1CC2CC1CC2NC(=O)C(F)(F)S(=O)(=O)O. The molecule has 0 heterocycles. The number of fused-ring (bicyclic) bond motifs is 2. The van der Waals surface area contributed by atoms with Gasteiger partial charge in [0.15, 0.2) is 0 Å². The molecule has 8 heteroatoms. The molecule has 1 amide bonds. The van der Waals surface area contributed by atoms with Gasteiger partial charge in [-0.2, -0.15) is 17.2 Å². The fourth-order valence-electron chi connectivity index (χ4n) is 4.34. The smallest absolute Gasteiger partial charge is 0.347 e. The summed E-state index contributed by atoms with van der Waals surface area (Å²) >= 11 is 0. The van der Waals surface area contributed by atoms with E-state index in [4.69, 9.17) is 4.55 Å². The van der Waals surface area contributed by atoms with Gasteiger partial charge in [-0.25, -0.2) is 0 Å². The lowest BCUT2D eigenvalue weighted by Gasteiger charge is -2.33. The first-order valence-electron chi connectivity index (χ1n) is 7.77. The Morgan fingerprint density at radius 1 is 1.23 bits per heavy atom. The van der Waals surface area contributed by atoms with Crippen LogP contribution in [0, 0.1) is 23.7 Å². The van der Waals surface area contributed by atoms with Crippen LogP contribution in [-0.2, 0) is 14.9 Å². The highest BCUT2D eigenvalue weighted by molar-refractivity contribution is 7.87. The van der Waals surface area contributed by atoms with Gasteiger partial charge in [0.25, 0.3) is 0 Å². The zero-order valence-electron chi connectivity index (χ0n) is 12.8. The Kier molecular flexibility index (Phi) is 4.82. The average molecular weight is 339 g/mol. The summed E-state index contributed by atoms with van der Waals surface area (Å²) in [4.78, 5) is 11.5. The Bertz CT molecular complexity index is 533. The van der Waals surface area contributed by atoms with E-state index < -0.39 is 27.3 Å². The summed E-state index contributed by atoms with van der Waals surface area (Å²) < 4.78 is 56.2. The molecule has 0 saturated heterocycles. The van der Waals surface area contributed by atoms with E-state index in [1.807, 2.05) is 0 Å². The monoisotopic (exact) mass is 339 g/mol. The van der Waals surface area contributed by atoms with E-state index >= 15 is 0 Å². The first-order valence-corrected chi connectivity index (χ1v) is 9.21. The predicted octanol–water partition coefficient (Wildman–Crippen LogP) is 2.43. The van der Waals surface area contributed by atoms with Gasteiger partial charge in [-0.05, 0) is 42.9 Å². The minimum Gasteiger partial charge on any atom is -0.347 e. The summed E-state index contributed by atoms with van der Waals surface area (Å²) in [5, 5.41) is -2.66. The number of hydrogen-bond donors (Lipinski definition) is 2. The molecule has 2 N–H and O–H groups in total. The maximum absolute atomic E-state index is 13.3. The number of amides is 1. The molecule has 0 aromatic carbocycles. The molecule has 0 aliphatic heterocycles. The molecule has 2 saturated carbocycles. The zero-order chi connectivity index (χ0) is 16.7. The lowest BCUT2D eigenvalue weighted by Crippen LogP contribution is -2.51. The van der Waals surface area contributed by atoms with Crippen molar-refractivity contribution in [3.8, 4) is 0 Å². The summed E-state index contributed by atoms with van der Waals surface area (Å²) in [6, 6.07) is -0.421. The van der Waals surface area contributed by atoms with E-state index in [1.165, 1.54) is 0 Å². The van der Waals surface area contributed by atoms with Crippen molar-refractivity contribution in [1.82, 2.24) is 5.32 Å². The second-order valence-electron chi connectivity index (χ2n) is 6.54. The van der Waals surface area contributed by atoms with Crippen molar-refractivity contribution in [3.05, 3.63) is 0 Å². The van der Waals surface area contributed by atoms with Crippen LogP contribution in [0.3, 0.4) is 0 Å².